The van der Waals surface area contributed by atoms with Crippen molar-refractivity contribution >= 4 is 35.5 Å². The molecule has 0 saturated heterocycles. The third-order valence-corrected chi connectivity index (χ3v) is 5.27. The first-order valence-corrected chi connectivity index (χ1v) is 11.3. The SMILES string of the molecule is CC(C)C(N)C(=O)NC(CCC(N)=O)C(=O)NC(Cc1ccccc1)C(=O)NC(CC(N)=O)C(=O)O. The zero-order chi connectivity index (χ0) is 27.4. The van der Waals surface area contributed by atoms with E-state index in [9.17, 15) is 33.9 Å². The number of rotatable bonds is 15. The fraction of sp³-hybridized carbons (Fsp3) is 0.478. The van der Waals surface area contributed by atoms with Crippen LogP contribution in [0.3, 0.4) is 0 Å². The molecule has 0 spiro atoms. The first-order valence-electron chi connectivity index (χ1n) is 11.3. The number of benzene rings is 1. The molecule has 0 aromatic heterocycles. The first kappa shape index (κ1) is 30.0. The molecule has 0 aliphatic carbocycles. The lowest BCUT2D eigenvalue weighted by Crippen LogP contribution is -2.58. The Balaban J connectivity index is 3.16. The van der Waals surface area contributed by atoms with Crippen molar-refractivity contribution in [3.05, 3.63) is 35.9 Å². The highest BCUT2D eigenvalue weighted by Crippen LogP contribution is 2.07. The summed E-state index contributed by atoms with van der Waals surface area (Å²) in [4.78, 5) is 72.5. The smallest absolute Gasteiger partial charge is 0.326 e. The van der Waals surface area contributed by atoms with Crippen molar-refractivity contribution in [3.63, 3.8) is 0 Å². The second-order valence-electron chi connectivity index (χ2n) is 8.66. The maximum Gasteiger partial charge on any atom is 0.326 e. The molecule has 0 radical (unpaired) electrons. The number of carboxylic acid groups (broad SMARTS) is 1. The van der Waals surface area contributed by atoms with Crippen LogP contribution in [0.4, 0.5) is 0 Å². The van der Waals surface area contributed by atoms with Crippen molar-refractivity contribution < 1.29 is 33.9 Å². The lowest BCUT2D eigenvalue weighted by Gasteiger charge is -2.25. The summed E-state index contributed by atoms with van der Waals surface area (Å²) in [6.07, 6.45) is -1.08. The number of nitrogens with one attached hydrogen (secondary N) is 3. The van der Waals surface area contributed by atoms with E-state index >= 15 is 0 Å². The first-order chi connectivity index (χ1) is 16.8. The van der Waals surface area contributed by atoms with Gasteiger partial charge in [-0.2, -0.15) is 0 Å². The van der Waals surface area contributed by atoms with Crippen molar-refractivity contribution in [1.29, 1.82) is 0 Å². The van der Waals surface area contributed by atoms with Crippen LogP contribution in [0.2, 0.25) is 0 Å². The summed E-state index contributed by atoms with van der Waals surface area (Å²) in [5.74, 6) is -5.70. The predicted molar refractivity (Wildman–Crippen MR) is 129 cm³/mol. The van der Waals surface area contributed by atoms with E-state index in [-0.39, 0.29) is 25.2 Å². The van der Waals surface area contributed by atoms with Gasteiger partial charge in [0.15, 0.2) is 0 Å². The largest absolute Gasteiger partial charge is 0.480 e. The van der Waals surface area contributed by atoms with Gasteiger partial charge in [-0.05, 0) is 17.9 Å². The number of hydrogen-bond acceptors (Lipinski definition) is 7. The molecule has 10 N–H and O–H groups in total. The molecule has 4 unspecified atom stereocenters. The molecule has 1 aromatic carbocycles. The van der Waals surface area contributed by atoms with Gasteiger partial charge in [0.05, 0.1) is 12.5 Å². The van der Waals surface area contributed by atoms with E-state index in [0.29, 0.717) is 5.56 Å². The fourth-order valence-electron chi connectivity index (χ4n) is 3.13. The van der Waals surface area contributed by atoms with Crippen LogP contribution in [0, 0.1) is 5.92 Å². The van der Waals surface area contributed by atoms with Crippen LogP contribution in [-0.2, 0) is 35.2 Å². The molecule has 0 fully saturated rings. The summed E-state index contributed by atoms with van der Waals surface area (Å²) in [7, 11) is 0. The van der Waals surface area contributed by atoms with Crippen molar-refractivity contribution in [3.8, 4) is 0 Å². The number of nitrogens with two attached hydrogens (primary N) is 3. The Morgan fingerprint density at radius 1 is 0.806 bits per heavy atom. The van der Waals surface area contributed by atoms with Crippen molar-refractivity contribution in [1.82, 2.24) is 16.0 Å². The molecule has 13 heteroatoms. The summed E-state index contributed by atoms with van der Waals surface area (Å²) in [5.41, 5.74) is 16.7. The van der Waals surface area contributed by atoms with Gasteiger partial charge in [-0.3, -0.25) is 24.0 Å². The van der Waals surface area contributed by atoms with Crippen LogP contribution in [0.5, 0.6) is 0 Å². The second kappa shape index (κ2) is 14.4. The molecule has 1 aromatic rings. The number of hydrogen-bond donors (Lipinski definition) is 7. The van der Waals surface area contributed by atoms with Crippen LogP contribution < -0.4 is 33.2 Å². The number of aliphatic carboxylic acids is 1. The van der Waals surface area contributed by atoms with E-state index in [0.717, 1.165) is 0 Å². The molecule has 0 saturated carbocycles. The molecule has 5 amide bonds. The van der Waals surface area contributed by atoms with E-state index in [1.807, 2.05) is 0 Å². The number of carbonyl (C=O) groups excluding carboxylic acids is 5. The number of primary amides is 2. The molecule has 0 aliphatic heterocycles. The third-order valence-electron chi connectivity index (χ3n) is 5.27. The quantitative estimate of drug-likeness (QED) is 0.139. The van der Waals surface area contributed by atoms with E-state index in [4.69, 9.17) is 17.2 Å². The van der Waals surface area contributed by atoms with Crippen LogP contribution >= 0.6 is 0 Å². The van der Waals surface area contributed by atoms with Crippen LogP contribution in [0.15, 0.2) is 30.3 Å². The van der Waals surface area contributed by atoms with Gasteiger partial charge in [0.25, 0.3) is 0 Å². The minimum Gasteiger partial charge on any atom is -0.480 e. The van der Waals surface area contributed by atoms with Gasteiger partial charge in [0.1, 0.15) is 18.1 Å². The van der Waals surface area contributed by atoms with Crippen molar-refractivity contribution in [2.24, 2.45) is 23.1 Å². The summed E-state index contributed by atoms with van der Waals surface area (Å²) in [6.45, 7) is 3.43. The summed E-state index contributed by atoms with van der Waals surface area (Å²) in [5, 5.41) is 16.5. The molecule has 0 heterocycles. The highest BCUT2D eigenvalue weighted by Gasteiger charge is 2.31. The lowest BCUT2D eigenvalue weighted by molar-refractivity contribution is -0.143. The Labute approximate surface area is 208 Å². The molecule has 36 heavy (non-hydrogen) atoms. The topological polar surface area (TPSA) is 237 Å². The number of carboxylic acids is 1. The van der Waals surface area contributed by atoms with Gasteiger partial charge < -0.3 is 38.3 Å². The molecule has 0 aliphatic rings. The Morgan fingerprint density at radius 3 is 1.83 bits per heavy atom. The van der Waals surface area contributed by atoms with Gasteiger partial charge in [-0.1, -0.05) is 44.2 Å². The van der Waals surface area contributed by atoms with Gasteiger partial charge in [0.2, 0.25) is 29.5 Å². The monoisotopic (exact) mass is 506 g/mol. The van der Waals surface area contributed by atoms with E-state index in [1.165, 1.54) is 0 Å². The molecule has 198 valence electrons. The van der Waals surface area contributed by atoms with Gasteiger partial charge in [-0.25, -0.2) is 4.79 Å². The Morgan fingerprint density at radius 2 is 1.33 bits per heavy atom. The average Bonchev–Trinajstić information content (AvgIpc) is 2.80. The molecule has 13 nitrogen and oxygen atoms in total. The molecule has 0 bridgehead atoms. The zero-order valence-electron chi connectivity index (χ0n) is 20.2. The minimum atomic E-state index is -1.61. The molecule has 4 atom stereocenters. The van der Waals surface area contributed by atoms with Crippen LogP contribution in [-0.4, -0.2) is 64.8 Å². The highest BCUT2D eigenvalue weighted by molar-refractivity contribution is 5.95. The lowest BCUT2D eigenvalue weighted by atomic mass is 10.0. The molecule has 1 rings (SSSR count). The van der Waals surface area contributed by atoms with Crippen molar-refractivity contribution in [2.75, 3.05) is 0 Å². The number of carbonyl (C=O) groups is 6. The minimum absolute atomic E-state index is 0.0384. The van der Waals surface area contributed by atoms with Crippen LogP contribution in [0.1, 0.15) is 38.7 Å². The maximum absolute atomic E-state index is 13.1. The summed E-state index contributed by atoms with van der Waals surface area (Å²) in [6, 6.07) is 3.48. The highest BCUT2D eigenvalue weighted by atomic mass is 16.4. The Hall–Kier alpha value is -4.00. The molecular weight excluding hydrogens is 472 g/mol. The second-order valence-corrected chi connectivity index (χ2v) is 8.66. The number of amides is 5. The summed E-state index contributed by atoms with van der Waals surface area (Å²) >= 11 is 0. The fourth-order valence-corrected chi connectivity index (χ4v) is 3.13. The van der Waals surface area contributed by atoms with E-state index in [1.54, 1.807) is 44.2 Å². The van der Waals surface area contributed by atoms with Gasteiger partial charge in [-0.15, -0.1) is 0 Å². The standard InChI is InChI=1S/C23H34N6O7/c1-12(2)19(26)22(34)27-14(8-9-17(24)30)20(32)28-15(10-13-6-4-3-5-7-13)21(33)29-16(23(35)36)11-18(25)31/h3-7,12,14-16,19H,8-11,26H2,1-2H3,(H2,24,30)(H2,25,31)(H,27,34)(H,28,32)(H,29,33)(H,35,36). The summed E-state index contributed by atoms with van der Waals surface area (Å²) < 4.78 is 0. The Kier molecular flexibility index (Phi) is 12.0. The van der Waals surface area contributed by atoms with E-state index < -0.39 is 66.1 Å². The predicted octanol–water partition coefficient (Wildman–Crippen LogP) is -2.11. The zero-order valence-corrected chi connectivity index (χ0v) is 20.2. The Bertz CT molecular complexity index is 954. The average molecular weight is 507 g/mol. The van der Waals surface area contributed by atoms with Gasteiger partial charge in [0, 0.05) is 12.8 Å². The van der Waals surface area contributed by atoms with Gasteiger partial charge >= 0.3 is 5.97 Å². The van der Waals surface area contributed by atoms with Crippen LogP contribution in [0.25, 0.3) is 0 Å². The third kappa shape index (κ3) is 10.5. The molecular formula is C23H34N6O7. The van der Waals surface area contributed by atoms with E-state index in [2.05, 4.69) is 16.0 Å². The van der Waals surface area contributed by atoms with Crippen molar-refractivity contribution in [2.45, 2.75) is 63.7 Å². The maximum atomic E-state index is 13.1. The normalized spacial score (nSPS) is 14.1.